The van der Waals surface area contributed by atoms with Crippen LogP contribution in [0.2, 0.25) is 0 Å². The Kier molecular flexibility index (Phi) is 4.18. The van der Waals surface area contributed by atoms with Crippen LogP contribution < -0.4 is 0 Å². The highest BCUT2D eigenvalue weighted by molar-refractivity contribution is 6.05. The number of aromatic nitrogens is 2. The number of fused-ring (bicyclic) bond motifs is 2. The van der Waals surface area contributed by atoms with Crippen LogP contribution in [-0.4, -0.2) is 33.4 Å². The van der Waals surface area contributed by atoms with Gasteiger partial charge in [-0.15, -0.1) is 0 Å². The highest BCUT2D eigenvalue weighted by Gasteiger charge is 2.36. The lowest BCUT2D eigenvalue weighted by molar-refractivity contribution is 0.0392. The van der Waals surface area contributed by atoms with Crippen LogP contribution in [0.25, 0.3) is 11.0 Å². The van der Waals surface area contributed by atoms with E-state index in [1.807, 2.05) is 18.7 Å². The Labute approximate surface area is 147 Å². The first-order valence-electron chi connectivity index (χ1n) is 9.30. The quantitative estimate of drug-likeness (QED) is 0.782. The molecule has 1 aliphatic heterocycles. The molecule has 4 rings (SSSR count). The van der Waals surface area contributed by atoms with Gasteiger partial charge in [-0.2, -0.15) is 0 Å². The first-order valence-corrected chi connectivity index (χ1v) is 9.30. The van der Waals surface area contributed by atoms with Gasteiger partial charge in [0.25, 0.3) is 5.91 Å². The van der Waals surface area contributed by atoms with Crippen molar-refractivity contribution < 1.29 is 9.18 Å². The van der Waals surface area contributed by atoms with E-state index < -0.39 is 5.82 Å². The smallest absolute Gasteiger partial charge is 0.256 e. The fraction of sp³-hybridized carbons (Fsp3) is 0.550. The lowest BCUT2D eigenvalue weighted by Crippen LogP contribution is -2.49. The lowest BCUT2D eigenvalue weighted by atomic mass is 9.78. The Hall–Kier alpha value is -2.04. The van der Waals surface area contributed by atoms with E-state index in [-0.39, 0.29) is 5.91 Å². The number of rotatable bonds is 1. The third-order valence-electron chi connectivity index (χ3n) is 5.88. The van der Waals surface area contributed by atoms with Gasteiger partial charge in [-0.3, -0.25) is 4.79 Å². The number of amides is 1. The van der Waals surface area contributed by atoms with E-state index in [1.165, 1.54) is 37.8 Å². The Morgan fingerprint density at radius 1 is 1.08 bits per heavy atom. The van der Waals surface area contributed by atoms with Crippen molar-refractivity contribution in [2.45, 2.75) is 58.4 Å². The van der Waals surface area contributed by atoms with Crippen LogP contribution >= 0.6 is 0 Å². The second-order valence-corrected chi connectivity index (χ2v) is 7.47. The summed E-state index contributed by atoms with van der Waals surface area (Å²) in [5.74, 6) is 0.0885. The fourth-order valence-electron chi connectivity index (χ4n) is 4.49. The molecule has 1 aromatic heterocycles. The summed E-state index contributed by atoms with van der Waals surface area (Å²) in [7, 11) is 0. The molecular weight excluding hydrogens is 317 g/mol. The molecular formula is C20H24FN3O. The van der Waals surface area contributed by atoms with Gasteiger partial charge in [0, 0.05) is 18.7 Å². The maximum atomic E-state index is 14.2. The van der Waals surface area contributed by atoms with Crippen molar-refractivity contribution in [3.8, 4) is 0 Å². The molecule has 0 N–H and O–H groups in total. The molecule has 1 saturated heterocycles. The van der Waals surface area contributed by atoms with Crippen molar-refractivity contribution in [2.24, 2.45) is 5.92 Å². The first kappa shape index (κ1) is 16.4. The van der Waals surface area contributed by atoms with Crippen LogP contribution in [0.4, 0.5) is 4.39 Å². The third-order valence-corrected chi connectivity index (χ3v) is 5.88. The SMILES string of the molecule is Cc1nc2cc(F)cc(C(=O)N3CCC[C@@H]4CCCC[C@H]43)c2nc1C. The van der Waals surface area contributed by atoms with Crippen molar-refractivity contribution in [1.29, 1.82) is 0 Å². The molecule has 1 saturated carbocycles. The van der Waals surface area contributed by atoms with Gasteiger partial charge in [0.1, 0.15) is 11.3 Å². The summed E-state index contributed by atoms with van der Waals surface area (Å²) in [6.07, 6.45) is 6.94. The van der Waals surface area contributed by atoms with Gasteiger partial charge in [-0.05, 0) is 51.5 Å². The Balaban J connectivity index is 1.78. The summed E-state index contributed by atoms with van der Waals surface area (Å²) in [5.41, 5.74) is 2.89. The number of aryl methyl sites for hydroxylation is 2. The molecule has 2 aromatic rings. The summed E-state index contributed by atoms with van der Waals surface area (Å²) in [5, 5.41) is 0. The number of hydrogen-bond acceptors (Lipinski definition) is 3. The summed E-state index contributed by atoms with van der Waals surface area (Å²) < 4.78 is 14.2. The molecule has 0 radical (unpaired) electrons. The molecule has 5 heteroatoms. The molecule has 1 amide bonds. The van der Waals surface area contributed by atoms with E-state index in [1.54, 1.807) is 0 Å². The summed E-state index contributed by atoms with van der Waals surface area (Å²) in [6.45, 7) is 4.49. The highest BCUT2D eigenvalue weighted by atomic mass is 19.1. The number of hydrogen-bond donors (Lipinski definition) is 0. The lowest BCUT2D eigenvalue weighted by Gasteiger charge is -2.44. The van der Waals surface area contributed by atoms with E-state index in [9.17, 15) is 9.18 Å². The van der Waals surface area contributed by atoms with Crippen LogP contribution in [0, 0.1) is 25.6 Å². The minimum atomic E-state index is -0.425. The zero-order valence-electron chi connectivity index (χ0n) is 14.9. The van der Waals surface area contributed by atoms with Gasteiger partial charge in [-0.1, -0.05) is 12.8 Å². The summed E-state index contributed by atoms with van der Waals surface area (Å²) >= 11 is 0. The fourth-order valence-corrected chi connectivity index (χ4v) is 4.49. The monoisotopic (exact) mass is 341 g/mol. The molecule has 2 atom stereocenters. The van der Waals surface area contributed by atoms with Gasteiger partial charge >= 0.3 is 0 Å². The van der Waals surface area contributed by atoms with Crippen LogP contribution in [0.5, 0.6) is 0 Å². The number of benzene rings is 1. The van der Waals surface area contributed by atoms with Gasteiger partial charge < -0.3 is 4.90 Å². The maximum Gasteiger partial charge on any atom is 0.256 e. The molecule has 1 aliphatic carbocycles. The number of likely N-dealkylation sites (tertiary alicyclic amines) is 1. The molecule has 2 fully saturated rings. The third kappa shape index (κ3) is 2.90. The average molecular weight is 341 g/mol. The minimum Gasteiger partial charge on any atom is -0.335 e. The molecule has 0 bridgehead atoms. The van der Waals surface area contributed by atoms with Gasteiger partial charge in [-0.25, -0.2) is 14.4 Å². The van der Waals surface area contributed by atoms with Crippen LogP contribution in [-0.2, 0) is 0 Å². The van der Waals surface area contributed by atoms with Crippen LogP contribution in [0.3, 0.4) is 0 Å². The van der Waals surface area contributed by atoms with E-state index in [2.05, 4.69) is 9.97 Å². The number of carbonyl (C=O) groups excluding carboxylic acids is 1. The van der Waals surface area contributed by atoms with E-state index in [0.29, 0.717) is 28.6 Å². The van der Waals surface area contributed by atoms with Gasteiger partial charge in [0.05, 0.1) is 22.5 Å². The van der Waals surface area contributed by atoms with Crippen LogP contribution in [0.15, 0.2) is 12.1 Å². The van der Waals surface area contributed by atoms with E-state index in [0.717, 1.165) is 30.8 Å². The zero-order chi connectivity index (χ0) is 17.6. The maximum absolute atomic E-state index is 14.2. The van der Waals surface area contributed by atoms with Gasteiger partial charge in [0.2, 0.25) is 0 Å². The molecule has 4 nitrogen and oxygen atoms in total. The summed E-state index contributed by atoms with van der Waals surface area (Å²) in [4.78, 5) is 24.3. The standard InChI is InChI=1S/C20H24FN3O/c1-12-13(2)23-19-16(10-15(21)11-17(19)22-12)20(25)24-9-5-7-14-6-3-4-8-18(14)24/h10-11,14,18H,3-9H2,1-2H3/t14-,18+/m0/s1. The Morgan fingerprint density at radius 3 is 2.64 bits per heavy atom. The van der Waals surface area contributed by atoms with Crippen molar-refractivity contribution in [3.05, 3.63) is 34.9 Å². The summed E-state index contributed by atoms with van der Waals surface area (Å²) in [6, 6.07) is 3.00. The van der Waals surface area contributed by atoms with E-state index >= 15 is 0 Å². The predicted molar refractivity (Wildman–Crippen MR) is 95.0 cm³/mol. The number of carbonyl (C=O) groups is 1. The molecule has 1 aromatic carbocycles. The molecule has 2 aliphatic rings. The second-order valence-electron chi connectivity index (χ2n) is 7.47. The average Bonchev–Trinajstić information content (AvgIpc) is 2.61. The molecule has 0 unspecified atom stereocenters. The largest absolute Gasteiger partial charge is 0.335 e. The van der Waals surface area contributed by atoms with E-state index in [4.69, 9.17) is 0 Å². The predicted octanol–water partition coefficient (Wildman–Crippen LogP) is 4.18. The normalized spacial score (nSPS) is 23.6. The highest BCUT2D eigenvalue weighted by Crippen LogP contribution is 2.36. The minimum absolute atomic E-state index is 0.0846. The number of piperidine rings is 1. The Bertz CT molecular complexity index is 833. The second kappa shape index (κ2) is 6.36. The van der Waals surface area contributed by atoms with Crippen LogP contribution in [0.1, 0.15) is 60.3 Å². The number of nitrogens with zero attached hydrogens (tertiary/aromatic N) is 3. The Morgan fingerprint density at radius 2 is 1.80 bits per heavy atom. The zero-order valence-corrected chi connectivity index (χ0v) is 14.9. The van der Waals surface area contributed by atoms with Gasteiger partial charge in [0.15, 0.2) is 0 Å². The first-order chi connectivity index (χ1) is 12.0. The van der Waals surface area contributed by atoms with Crippen molar-refractivity contribution >= 4 is 16.9 Å². The molecule has 0 spiro atoms. The van der Waals surface area contributed by atoms with Crippen molar-refractivity contribution in [1.82, 2.24) is 14.9 Å². The molecule has 132 valence electrons. The number of halogens is 1. The molecule has 25 heavy (non-hydrogen) atoms. The van der Waals surface area contributed by atoms with Crippen molar-refractivity contribution in [3.63, 3.8) is 0 Å². The van der Waals surface area contributed by atoms with Crippen molar-refractivity contribution in [2.75, 3.05) is 6.54 Å². The topological polar surface area (TPSA) is 46.1 Å². The molecule has 2 heterocycles.